The van der Waals surface area contributed by atoms with Gasteiger partial charge in [0.25, 0.3) is 0 Å². The quantitative estimate of drug-likeness (QED) is 0.806. The van der Waals surface area contributed by atoms with E-state index in [4.69, 9.17) is 0 Å². The fourth-order valence-electron chi connectivity index (χ4n) is 2.41. The Morgan fingerprint density at radius 2 is 1.89 bits per heavy atom. The highest BCUT2D eigenvalue weighted by atomic mass is 15.1. The highest BCUT2D eigenvalue weighted by molar-refractivity contribution is 5.32. The van der Waals surface area contributed by atoms with E-state index in [2.05, 4.69) is 70.1 Å². The lowest BCUT2D eigenvalue weighted by atomic mass is 10.0. The first kappa shape index (κ1) is 16.2. The summed E-state index contributed by atoms with van der Waals surface area (Å²) in [4.78, 5) is 2.42. The normalized spacial score (nSPS) is 14.7. The van der Waals surface area contributed by atoms with Crippen molar-refractivity contribution in [2.24, 2.45) is 0 Å². The van der Waals surface area contributed by atoms with Crippen molar-refractivity contribution in [2.75, 3.05) is 20.1 Å². The second-order valence-corrected chi connectivity index (χ2v) is 5.77. The molecule has 0 spiro atoms. The second-order valence-electron chi connectivity index (χ2n) is 5.77. The van der Waals surface area contributed by atoms with Gasteiger partial charge < -0.3 is 10.2 Å². The third-order valence-corrected chi connectivity index (χ3v) is 4.15. The van der Waals surface area contributed by atoms with Gasteiger partial charge >= 0.3 is 0 Å². The summed E-state index contributed by atoms with van der Waals surface area (Å²) in [6.45, 7) is 13.3. The van der Waals surface area contributed by atoms with E-state index in [1.165, 1.54) is 23.1 Å². The van der Waals surface area contributed by atoms with Gasteiger partial charge in [-0.2, -0.15) is 0 Å². The summed E-state index contributed by atoms with van der Waals surface area (Å²) < 4.78 is 0. The lowest BCUT2D eigenvalue weighted by molar-refractivity contribution is 0.249. The van der Waals surface area contributed by atoms with E-state index in [-0.39, 0.29) is 0 Å². The molecule has 2 atom stereocenters. The molecule has 1 rings (SSSR count). The van der Waals surface area contributed by atoms with Crippen LogP contribution in [0.1, 0.15) is 49.9 Å². The Balaban J connectivity index is 2.45. The first-order valence-corrected chi connectivity index (χ1v) is 7.46. The molecule has 2 unspecified atom stereocenters. The molecule has 2 heteroatoms. The average Bonchev–Trinajstić information content (AvgIpc) is 2.37. The highest BCUT2D eigenvalue weighted by Gasteiger charge is 2.09. The SMILES string of the molecule is CCC(C)N(C)CCNC(C)c1ccc(C)cc1C. The second kappa shape index (κ2) is 7.66. The van der Waals surface area contributed by atoms with Crippen molar-refractivity contribution in [3.05, 3.63) is 34.9 Å². The molecule has 0 saturated heterocycles. The number of nitrogens with zero attached hydrogens (tertiary/aromatic N) is 1. The summed E-state index contributed by atoms with van der Waals surface area (Å²) in [5.74, 6) is 0. The summed E-state index contributed by atoms with van der Waals surface area (Å²) in [7, 11) is 2.21. The maximum absolute atomic E-state index is 3.63. The van der Waals surface area contributed by atoms with Gasteiger partial charge in [0.1, 0.15) is 0 Å². The van der Waals surface area contributed by atoms with Crippen molar-refractivity contribution in [3.8, 4) is 0 Å². The molecule has 0 fully saturated rings. The minimum Gasteiger partial charge on any atom is -0.309 e. The van der Waals surface area contributed by atoms with Crippen LogP contribution in [0.3, 0.4) is 0 Å². The number of benzene rings is 1. The molecule has 0 radical (unpaired) electrons. The number of rotatable bonds is 7. The zero-order chi connectivity index (χ0) is 14.4. The molecule has 0 amide bonds. The molecule has 0 aliphatic carbocycles. The fourth-order valence-corrected chi connectivity index (χ4v) is 2.41. The maximum atomic E-state index is 3.63. The molecule has 0 heterocycles. The summed E-state index contributed by atoms with van der Waals surface area (Å²) in [6.07, 6.45) is 1.21. The van der Waals surface area contributed by atoms with Crippen molar-refractivity contribution >= 4 is 0 Å². The third-order valence-electron chi connectivity index (χ3n) is 4.15. The highest BCUT2D eigenvalue weighted by Crippen LogP contribution is 2.18. The van der Waals surface area contributed by atoms with E-state index in [0.717, 1.165) is 13.1 Å². The molecular formula is C17H30N2. The molecular weight excluding hydrogens is 232 g/mol. The monoisotopic (exact) mass is 262 g/mol. The van der Waals surface area contributed by atoms with Gasteiger partial charge in [0, 0.05) is 25.2 Å². The lowest BCUT2D eigenvalue weighted by Crippen LogP contribution is -2.35. The van der Waals surface area contributed by atoms with Crippen molar-refractivity contribution in [3.63, 3.8) is 0 Å². The molecule has 1 aromatic carbocycles. The smallest absolute Gasteiger partial charge is 0.0294 e. The number of aryl methyl sites for hydroxylation is 2. The van der Waals surface area contributed by atoms with E-state index in [1.807, 2.05) is 0 Å². The van der Waals surface area contributed by atoms with Gasteiger partial charge in [-0.1, -0.05) is 30.7 Å². The zero-order valence-corrected chi connectivity index (χ0v) is 13.5. The molecule has 2 nitrogen and oxygen atoms in total. The van der Waals surface area contributed by atoms with E-state index in [1.54, 1.807) is 0 Å². The average molecular weight is 262 g/mol. The molecule has 0 bridgehead atoms. The van der Waals surface area contributed by atoms with Crippen molar-refractivity contribution in [2.45, 2.75) is 53.1 Å². The van der Waals surface area contributed by atoms with Gasteiger partial charge in [0.2, 0.25) is 0 Å². The van der Waals surface area contributed by atoms with Crippen LogP contribution in [0.4, 0.5) is 0 Å². The van der Waals surface area contributed by atoms with Crippen molar-refractivity contribution < 1.29 is 0 Å². The van der Waals surface area contributed by atoms with Crippen LogP contribution < -0.4 is 5.32 Å². The largest absolute Gasteiger partial charge is 0.309 e. The van der Waals surface area contributed by atoms with Gasteiger partial charge in [-0.15, -0.1) is 0 Å². The van der Waals surface area contributed by atoms with Gasteiger partial charge in [-0.25, -0.2) is 0 Å². The van der Waals surface area contributed by atoms with Crippen molar-refractivity contribution in [1.82, 2.24) is 10.2 Å². The minimum atomic E-state index is 0.422. The molecule has 0 aliphatic rings. The predicted octanol–water partition coefficient (Wildman–Crippen LogP) is 3.68. The van der Waals surface area contributed by atoms with E-state index < -0.39 is 0 Å². The van der Waals surface area contributed by atoms with Crippen LogP contribution in [-0.2, 0) is 0 Å². The number of hydrogen-bond donors (Lipinski definition) is 1. The van der Waals surface area contributed by atoms with Crippen LogP contribution >= 0.6 is 0 Å². The summed E-state index contributed by atoms with van der Waals surface area (Å²) in [6, 6.07) is 7.80. The fraction of sp³-hybridized carbons (Fsp3) is 0.647. The van der Waals surface area contributed by atoms with Crippen LogP contribution in [-0.4, -0.2) is 31.1 Å². The van der Waals surface area contributed by atoms with Gasteiger partial charge in [0.15, 0.2) is 0 Å². The van der Waals surface area contributed by atoms with Crippen LogP contribution in [0.15, 0.2) is 18.2 Å². The molecule has 19 heavy (non-hydrogen) atoms. The van der Waals surface area contributed by atoms with E-state index in [0.29, 0.717) is 12.1 Å². The Morgan fingerprint density at radius 3 is 2.47 bits per heavy atom. The molecule has 0 saturated carbocycles. The van der Waals surface area contributed by atoms with Crippen LogP contribution in [0, 0.1) is 13.8 Å². The predicted molar refractivity (Wildman–Crippen MR) is 84.7 cm³/mol. The summed E-state index contributed by atoms with van der Waals surface area (Å²) in [5, 5.41) is 3.63. The summed E-state index contributed by atoms with van der Waals surface area (Å²) in [5.41, 5.74) is 4.14. The standard InChI is InChI=1S/C17H30N2/c1-7-15(4)19(6)11-10-18-16(5)17-9-8-13(2)12-14(17)3/h8-9,12,15-16,18H,7,10-11H2,1-6H3. The molecule has 1 aromatic rings. The molecule has 0 aliphatic heterocycles. The Bertz CT molecular complexity index is 387. The first-order valence-electron chi connectivity index (χ1n) is 7.46. The lowest BCUT2D eigenvalue weighted by Gasteiger charge is -2.25. The van der Waals surface area contributed by atoms with Gasteiger partial charge in [-0.05, 0) is 52.3 Å². The van der Waals surface area contributed by atoms with Crippen LogP contribution in [0.25, 0.3) is 0 Å². The van der Waals surface area contributed by atoms with Gasteiger partial charge in [0.05, 0.1) is 0 Å². The first-order chi connectivity index (χ1) is 8.95. The number of hydrogen-bond acceptors (Lipinski definition) is 2. The molecule has 0 aromatic heterocycles. The van der Waals surface area contributed by atoms with Crippen molar-refractivity contribution in [1.29, 1.82) is 0 Å². The Hall–Kier alpha value is -0.860. The van der Waals surface area contributed by atoms with E-state index >= 15 is 0 Å². The number of likely N-dealkylation sites (N-methyl/N-ethyl adjacent to an activating group) is 1. The minimum absolute atomic E-state index is 0.422. The van der Waals surface area contributed by atoms with E-state index in [9.17, 15) is 0 Å². The molecule has 1 N–H and O–H groups in total. The van der Waals surface area contributed by atoms with Crippen LogP contribution in [0.5, 0.6) is 0 Å². The van der Waals surface area contributed by atoms with Gasteiger partial charge in [-0.3, -0.25) is 0 Å². The Kier molecular flexibility index (Phi) is 6.53. The molecule has 108 valence electrons. The van der Waals surface area contributed by atoms with Crippen LogP contribution in [0.2, 0.25) is 0 Å². The third kappa shape index (κ3) is 4.96. The Labute approximate surface area is 119 Å². The number of nitrogens with one attached hydrogen (secondary N) is 1. The zero-order valence-electron chi connectivity index (χ0n) is 13.5. The maximum Gasteiger partial charge on any atom is 0.0294 e. The topological polar surface area (TPSA) is 15.3 Å². The summed E-state index contributed by atoms with van der Waals surface area (Å²) >= 11 is 0. The Morgan fingerprint density at radius 1 is 1.21 bits per heavy atom.